The van der Waals surface area contributed by atoms with E-state index in [1.807, 2.05) is 6.08 Å². The number of aliphatic hydroxyl groups excluding tert-OH is 3. The Bertz CT molecular complexity index is 554. The molecular formula is C35H69NO4. The second-order valence-corrected chi connectivity index (χ2v) is 12.1. The summed E-state index contributed by atoms with van der Waals surface area (Å²) in [5.74, 6) is -0.316. The molecule has 3 atom stereocenters. The van der Waals surface area contributed by atoms with Crippen molar-refractivity contribution < 1.29 is 20.1 Å². The molecule has 0 fully saturated rings. The largest absolute Gasteiger partial charge is 0.394 e. The molecule has 238 valence electrons. The van der Waals surface area contributed by atoms with Crippen molar-refractivity contribution in [1.29, 1.82) is 0 Å². The van der Waals surface area contributed by atoms with Crippen LogP contribution in [0.2, 0.25) is 0 Å². The van der Waals surface area contributed by atoms with E-state index in [4.69, 9.17) is 0 Å². The average Bonchev–Trinajstić information content (AvgIpc) is 2.94. The Morgan fingerprint density at radius 3 is 1.45 bits per heavy atom. The highest BCUT2D eigenvalue weighted by molar-refractivity contribution is 5.76. The van der Waals surface area contributed by atoms with Gasteiger partial charge in [0.1, 0.15) is 0 Å². The number of unbranched alkanes of at least 4 members (excludes halogenated alkanes) is 22. The Kier molecular flexibility index (Phi) is 30.3. The summed E-state index contributed by atoms with van der Waals surface area (Å²) in [6, 6.07) is -0.736. The monoisotopic (exact) mass is 568 g/mol. The van der Waals surface area contributed by atoms with Gasteiger partial charge in [-0.2, -0.15) is 0 Å². The van der Waals surface area contributed by atoms with Gasteiger partial charge in [-0.15, -0.1) is 0 Å². The zero-order valence-corrected chi connectivity index (χ0v) is 26.7. The van der Waals surface area contributed by atoms with E-state index in [2.05, 4.69) is 19.2 Å². The van der Waals surface area contributed by atoms with Crippen LogP contribution in [0.25, 0.3) is 0 Å². The molecule has 0 aliphatic heterocycles. The molecule has 40 heavy (non-hydrogen) atoms. The van der Waals surface area contributed by atoms with E-state index in [0.29, 0.717) is 6.42 Å². The van der Waals surface area contributed by atoms with Gasteiger partial charge >= 0.3 is 0 Å². The van der Waals surface area contributed by atoms with Gasteiger partial charge in [-0.25, -0.2) is 0 Å². The second-order valence-electron chi connectivity index (χ2n) is 12.1. The van der Waals surface area contributed by atoms with Crippen LogP contribution in [0.15, 0.2) is 12.2 Å². The number of hydrogen-bond acceptors (Lipinski definition) is 4. The van der Waals surface area contributed by atoms with Crippen LogP contribution in [-0.4, -0.2) is 46.1 Å². The van der Waals surface area contributed by atoms with E-state index in [-0.39, 0.29) is 18.9 Å². The Morgan fingerprint density at radius 2 is 1.02 bits per heavy atom. The van der Waals surface area contributed by atoms with Crippen molar-refractivity contribution in [3.8, 4) is 0 Å². The summed E-state index contributed by atoms with van der Waals surface area (Å²) in [7, 11) is 0. The first-order valence-electron chi connectivity index (χ1n) is 17.5. The van der Waals surface area contributed by atoms with E-state index in [0.717, 1.165) is 25.7 Å². The molecule has 1 amide bonds. The van der Waals surface area contributed by atoms with Gasteiger partial charge in [-0.3, -0.25) is 4.79 Å². The summed E-state index contributed by atoms with van der Waals surface area (Å²) in [6.07, 6.45) is 33.3. The fraction of sp³-hybridized carbons (Fsp3) is 0.914. The van der Waals surface area contributed by atoms with Gasteiger partial charge < -0.3 is 20.6 Å². The second kappa shape index (κ2) is 31.0. The van der Waals surface area contributed by atoms with E-state index < -0.39 is 18.2 Å². The maximum absolute atomic E-state index is 12.3. The molecule has 0 spiro atoms. The molecule has 0 aliphatic carbocycles. The summed E-state index contributed by atoms with van der Waals surface area (Å²) in [6.45, 7) is 4.18. The molecule has 0 aromatic rings. The zero-order chi connectivity index (χ0) is 29.5. The summed E-state index contributed by atoms with van der Waals surface area (Å²) in [4.78, 5) is 12.3. The number of amides is 1. The van der Waals surface area contributed by atoms with Crippen molar-refractivity contribution in [2.75, 3.05) is 6.61 Å². The lowest BCUT2D eigenvalue weighted by atomic mass is 10.0. The van der Waals surface area contributed by atoms with Crippen molar-refractivity contribution >= 4 is 5.91 Å². The number of allylic oxidation sites excluding steroid dienone is 1. The van der Waals surface area contributed by atoms with Crippen molar-refractivity contribution in [2.24, 2.45) is 0 Å². The predicted octanol–water partition coefficient (Wildman–Crippen LogP) is 8.92. The number of carbonyl (C=O) groups is 1. The minimum Gasteiger partial charge on any atom is -0.394 e. The van der Waals surface area contributed by atoms with Gasteiger partial charge in [0.25, 0.3) is 0 Å². The Balaban J connectivity index is 3.75. The number of hydrogen-bond donors (Lipinski definition) is 4. The highest BCUT2D eigenvalue weighted by Crippen LogP contribution is 2.14. The molecule has 0 heterocycles. The van der Waals surface area contributed by atoms with Crippen LogP contribution in [0.3, 0.4) is 0 Å². The smallest absolute Gasteiger partial charge is 0.222 e. The van der Waals surface area contributed by atoms with E-state index in [9.17, 15) is 20.1 Å². The van der Waals surface area contributed by atoms with Crippen molar-refractivity contribution in [3.05, 3.63) is 12.2 Å². The Labute approximate surface area is 249 Å². The molecule has 0 radical (unpaired) electrons. The normalized spacial score (nSPS) is 14.0. The third-order valence-electron chi connectivity index (χ3n) is 8.07. The molecule has 0 aliphatic rings. The SMILES string of the molecule is CCCCCCCCCCCCC/C=C/[C@@H](O)[C@H](CO)NC(=O)C[C@H](O)CCCCCCCCCCCCCC. The van der Waals surface area contributed by atoms with Gasteiger partial charge in [0, 0.05) is 0 Å². The zero-order valence-electron chi connectivity index (χ0n) is 26.7. The maximum atomic E-state index is 12.3. The van der Waals surface area contributed by atoms with Crippen LogP contribution < -0.4 is 5.32 Å². The van der Waals surface area contributed by atoms with Gasteiger partial charge in [-0.1, -0.05) is 167 Å². The molecule has 4 N–H and O–H groups in total. The van der Waals surface area contributed by atoms with Crippen LogP contribution in [0.4, 0.5) is 0 Å². The number of carbonyl (C=O) groups excluding carboxylic acids is 1. The van der Waals surface area contributed by atoms with E-state index >= 15 is 0 Å². The molecule has 0 unspecified atom stereocenters. The van der Waals surface area contributed by atoms with Gasteiger partial charge in [0.15, 0.2) is 0 Å². The first-order valence-corrected chi connectivity index (χ1v) is 17.5. The van der Waals surface area contributed by atoms with Crippen LogP contribution in [0, 0.1) is 0 Å². The fourth-order valence-electron chi connectivity index (χ4n) is 5.34. The minimum absolute atomic E-state index is 0.0176. The molecule has 0 bridgehead atoms. The topological polar surface area (TPSA) is 89.8 Å². The molecule has 0 aromatic heterocycles. The standard InChI is InChI=1S/C35H69NO4/c1-3-5-7-9-11-13-15-17-19-21-23-25-27-29-34(39)33(31-37)36-35(40)30-32(38)28-26-24-22-20-18-16-14-12-10-8-6-4-2/h27,29,32-34,37-39H,3-26,28,30-31H2,1-2H3,(H,36,40)/b29-27+/t32-,33+,34-/m1/s1. The highest BCUT2D eigenvalue weighted by Gasteiger charge is 2.20. The summed E-state index contributed by atoms with van der Waals surface area (Å²) >= 11 is 0. The molecule has 0 rings (SSSR count). The molecule has 0 aromatic carbocycles. The molecule has 5 nitrogen and oxygen atoms in total. The van der Waals surface area contributed by atoms with Crippen LogP contribution in [0.1, 0.15) is 181 Å². The van der Waals surface area contributed by atoms with Gasteiger partial charge in [0.05, 0.1) is 31.3 Å². The number of rotatable bonds is 31. The molecule has 5 heteroatoms. The highest BCUT2D eigenvalue weighted by atomic mass is 16.3. The van der Waals surface area contributed by atoms with Crippen molar-refractivity contribution in [1.82, 2.24) is 5.32 Å². The first-order chi connectivity index (χ1) is 19.5. The molecule has 0 saturated heterocycles. The molecule has 0 saturated carbocycles. The summed E-state index contributed by atoms with van der Waals surface area (Å²) in [5.41, 5.74) is 0. The number of aliphatic hydroxyl groups is 3. The fourth-order valence-corrected chi connectivity index (χ4v) is 5.34. The molecular weight excluding hydrogens is 498 g/mol. The van der Waals surface area contributed by atoms with Crippen LogP contribution in [-0.2, 0) is 4.79 Å². The van der Waals surface area contributed by atoms with Crippen molar-refractivity contribution in [3.63, 3.8) is 0 Å². The Hall–Kier alpha value is -0.910. The van der Waals surface area contributed by atoms with Gasteiger partial charge in [-0.05, 0) is 19.3 Å². The van der Waals surface area contributed by atoms with Crippen LogP contribution >= 0.6 is 0 Å². The van der Waals surface area contributed by atoms with E-state index in [1.165, 1.54) is 128 Å². The number of nitrogens with one attached hydrogen (secondary N) is 1. The van der Waals surface area contributed by atoms with Crippen LogP contribution in [0.5, 0.6) is 0 Å². The third kappa shape index (κ3) is 27.3. The first kappa shape index (κ1) is 39.1. The Morgan fingerprint density at radius 1 is 0.625 bits per heavy atom. The average molecular weight is 568 g/mol. The summed E-state index contributed by atoms with van der Waals surface area (Å²) < 4.78 is 0. The third-order valence-corrected chi connectivity index (χ3v) is 8.07. The maximum Gasteiger partial charge on any atom is 0.222 e. The quantitative estimate of drug-likeness (QED) is 0.0497. The van der Waals surface area contributed by atoms with Gasteiger partial charge in [0.2, 0.25) is 5.91 Å². The lowest BCUT2D eigenvalue weighted by molar-refractivity contribution is -0.124. The minimum atomic E-state index is -0.921. The van der Waals surface area contributed by atoms with E-state index in [1.54, 1.807) is 6.08 Å². The van der Waals surface area contributed by atoms with Crippen molar-refractivity contribution in [2.45, 2.75) is 199 Å². The lowest BCUT2D eigenvalue weighted by Gasteiger charge is -2.21. The predicted molar refractivity (Wildman–Crippen MR) is 172 cm³/mol. The lowest BCUT2D eigenvalue weighted by Crippen LogP contribution is -2.45. The summed E-state index contributed by atoms with van der Waals surface area (Å²) in [5, 5.41) is 32.9.